The van der Waals surface area contributed by atoms with Crippen LogP contribution < -0.4 is 0 Å². The van der Waals surface area contributed by atoms with Crippen molar-refractivity contribution >= 4 is 7.82 Å². The van der Waals surface area contributed by atoms with Crippen LogP contribution in [0.3, 0.4) is 0 Å². The Bertz CT molecular complexity index is 72.1. The zero-order chi connectivity index (χ0) is 5.21. The van der Waals surface area contributed by atoms with Gasteiger partial charge >= 0.3 is 46.7 Å². The van der Waals surface area contributed by atoms with Crippen molar-refractivity contribution in [3.8, 4) is 0 Å². The van der Waals surface area contributed by atoms with E-state index in [1.54, 1.807) is 0 Å². The molecule has 0 aromatic carbocycles. The summed E-state index contributed by atoms with van der Waals surface area (Å²) in [6.45, 7) is 0. The van der Waals surface area contributed by atoms with Crippen molar-refractivity contribution < 1.29 is 44.3 Å². The first-order valence-corrected chi connectivity index (χ1v) is 3.79. The normalized spacial score (nSPS) is 10.0. The summed E-state index contributed by atoms with van der Waals surface area (Å²) >= 11 is 0.257. The van der Waals surface area contributed by atoms with Crippen molar-refractivity contribution in [2.24, 2.45) is 0 Å². The van der Waals surface area contributed by atoms with Crippen LogP contribution >= 0.6 is 7.82 Å². The molecule has 0 aromatic heterocycles. The van der Waals surface area contributed by atoms with Gasteiger partial charge in [0, 0.05) is 0 Å². The molecule has 0 saturated carbocycles. The monoisotopic (exact) mass is 296 g/mol. The van der Waals surface area contributed by atoms with Crippen molar-refractivity contribution in [3.63, 3.8) is 0 Å². The fourth-order valence-corrected chi connectivity index (χ4v) is 0. The van der Waals surface area contributed by atoms with E-state index in [-0.39, 0.29) is 26.9 Å². The van der Waals surface area contributed by atoms with E-state index in [9.17, 15) is 4.57 Å². The molecule has 0 heterocycles. The molecule has 0 rings (SSSR count). The first kappa shape index (κ1) is 10.7. The van der Waals surface area contributed by atoms with Gasteiger partial charge in [0.25, 0.3) is 0 Å². The van der Waals surface area contributed by atoms with Crippen LogP contribution in [0.5, 0.6) is 0 Å². The van der Waals surface area contributed by atoms with E-state index < -0.39 is 7.82 Å². The molecule has 0 bridgehead atoms. The van der Waals surface area contributed by atoms with Gasteiger partial charge in [-0.3, -0.25) is 0 Å². The molecule has 0 aliphatic heterocycles. The molecule has 0 spiro atoms. The minimum atomic E-state index is -4.10. The molecule has 0 aromatic rings. The summed E-state index contributed by atoms with van der Waals surface area (Å²) in [4.78, 5) is 15.5. The van der Waals surface area contributed by atoms with Gasteiger partial charge < -0.3 is 5.48 Å². The Morgan fingerprint density at radius 2 is 1.71 bits per heavy atom. The van der Waals surface area contributed by atoms with E-state index in [0.717, 1.165) is 0 Å². The fourth-order valence-electron chi connectivity index (χ4n) is 0. The summed E-state index contributed by atoms with van der Waals surface area (Å²) in [5.74, 6) is 0. The minimum absolute atomic E-state index is 0. The summed E-state index contributed by atoms with van der Waals surface area (Å²) < 4.78 is 13.2. The second kappa shape index (κ2) is 3.77. The Hall–Kier alpha value is 0.810. The Kier molecular flexibility index (Phi) is 5.78. The van der Waals surface area contributed by atoms with Crippen LogP contribution in [0.4, 0.5) is 0 Å². The standard InChI is InChI=1S/H3O4P.H2O.Ta/c1-5(2,3)4;;/h(H3,1,2,3,4);1H2;/q;;+1/p-1. The van der Waals surface area contributed by atoms with Crippen LogP contribution in [0.25, 0.3) is 0 Å². The molecule has 0 aliphatic carbocycles. The molecule has 4 N–H and O–H groups in total. The second-order valence-corrected chi connectivity index (χ2v) is 3.48. The van der Waals surface area contributed by atoms with Gasteiger partial charge in [-0.15, -0.1) is 0 Å². The predicted octanol–water partition coefficient (Wildman–Crippen LogP) is -1.27. The molecule has 0 saturated heterocycles. The molecular formula is H4O5PTa. The Labute approximate surface area is 52.6 Å². The van der Waals surface area contributed by atoms with Crippen LogP contribution in [0.1, 0.15) is 0 Å². The maximum atomic E-state index is 9.50. The van der Waals surface area contributed by atoms with E-state index >= 15 is 0 Å². The summed E-state index contributed by atoms with van der Waals surface area (Å²) in [5, 5.41) is 0. The van der Waals surface area contributed by atoms with Crippen molar-refractivity contribution in [2.75, 3.05) is 0 Å². The van der Waals surface area contributed by atoms with E-state index in [2.05, 4.69) is 3.03 Å². The average Bonchev–Trinajstić information content (AvgIpc) is 1.35. The molecule has 7 heteroatoms. The van der Waals surface area contributed by atoms with Crippen LogP contribution in [-0.4, -0.2) is 15.3 Å². The second-order valence-electron chi connectivity index (χ2n) is 0.572. The van der Waals surface area contributed by atoms with Gasteiger partial charge in [0.05, 0.1) is 0 Å². The zero-order valence-electron chi connectivity index (χ0n) is 3.11. The van der Waals surface area contributed by atoms with Gasteiger partial charge in [-0.25, -0.2) is 0 Å². The van der Waals surface area contributed by atoms with Crippen molar-refractivity contribution in [2.45, 2.75) is 0 Å². The zero-order valence-corrected chi connectivity index (χ0v) is 7.21. The molecule has 0 aliphatic rings. The van der Waals surface area contributed by atoms with E-state index in [0.29, 0.717) is 0 Å². The Balaban J connectivity index is 0. The Morgan fingerprint density at radius 3 is 1.71 bits per heavy atom. The first-order chi connectivity index (χ1) is 2.56. The molecular weight excluding hydrogens is 292 g/mol. The first-order valence-electron chi connectivity index (χ1n) is 0.948. The van der Waals surface area contributed by atoms with Crippen molar-refractivity contribution in [3.05, 3.63) is 0 Å². The van der Waals surface area contributed by atoms with Gasteiger partial charge in [-0.1, -0.05) is 0 Å². The molecule has 0 amide bonds. The van der Waals surface area contributed by atoms with Gasteiger partial charge in [-0.2, -0.15) is 0 Å². The van der Waals surface area contributed by atoms with Crippen LogP contribution in [0.2, 0.25) is 0 Å². The molecule has 5 nitrogen and oxygen atoms in total. The molecule has 0 radical (unpaired) electrons. The van der Waals surface area contributed by atoms with Gasteiger partial charge in [0.15, 0.2) is 0 Å². The summed E-state index contributed by atoms with van der Waals surface area (Å²) in [7, 11) is -4.10. The molecule has 0 unspecified atom stereocenters. The van der Waals surface area contributed by atoms with Gasteiger partial charge in [0.1, 0.15) is 0 Å². The predicted molar refractivity (Wildman–Crippen MR) is 16.7 cm³/mol. The summed E-state index contributed by atoms with van der Waals surface area (Å²) in [6.07, 6.45) is 0. The third-order valence-corrected chi connectivity index (χ3v) is 2.61. The molecule has 7 heavy (non-hydrogen) atoms. The third-order valence-electron chi connectivity index (χ3n) is 0.106. The van der Waals surface area contributed by atoms with Gasteiger partial charge in [-0.05, 0) is 0 Å². The van der Waals surface area contributed by atoms with E-state index in [1.165, 1.54) is 0 Å². The number of phosphoric acid groups is 1. The third kappa shape index (κ3) is 10.9. The topological polar surface area (TPSA) is 98.3 Å². The number of hydrogen-bond acceptors (Lipinski definition) is 2. The van der Waals surface area contributed by atoms with Crippen LogP contribution in [0.15, 0.2) is 0 Å². The number of hydrogen-bond donors (Lipinski definition) is 2. The van der Waals surface area contributed by atoms with E-state index in [4.69, 9.17) is 9.79 Å². The van der Waals surface area contributed by atoms with Crippen molar-refractivity contribution in [1.82, 2.24) is 0 Å². The maximum absolute atomic E-state index is 9.50. The van der Waals surface area contributed by atoms with Crippen molar-refractivity contribution in [1.29, 1.82) is 0 Å². The van der Waals surface area contributed by atoms with E-state index in [1.807, 2.05) is 0 Å². The summed E-state index contributed by atoms with van der Waals surface area (Å²) in [5.41, 5.74) is 0. The molecule has 0 fully saturated rings. The fraction of sp³-hybridized carbons (Fsp3) is 0. The molecule has 0 atom stereocenters. The van der Waals surface area contributed by atoms with Crippen LogP contribution in [0, 0.1) is 0 Å². The van der Waals surface area contributed by atoms with Gasteiger partial charge in [0.2, 0.25) is 0 Å². The van der Waals surface area contributed by atoms with Crippen LogP contribution in [-0.2, 0) is 29.1 Å². The Morgan fingerprint density at radius 1 is 1.57 bits per heavy atom. The summed E-state index contributed by atoms with van der Waals surface area (Å²) in [6, 6.07) is 0. The number of rotatable bonds is 1. The quantitative estimate of drug-likeness (QED) is 0.590. The average molecular weight is 296 g/mol. The SMILES string of the molecule is O.O=P(O)(O)[O][Ta]. The molecule has 44 valence electrons.